The van der Waals surface area contributed by atoms with Gasteiger partial charge in [0.05, 0.1) is 23.4 Å². The van der Waals surface area contributed by atoms with Gasteiger partial charge in [-0.3, -0.25) is 0 Å². The molecule has 0 saturated carbocycles. The highest BCUT2D eigenvalue weighted by molar-refractivity contribution is 5.52. The number of unbranched alkanes of at least 4 members (excludes halogenated alkanes) is 3. The lowest BCUT2D eigenvalue weighted by Gasteiger charge is -1.94. The summed E-state index contributed by atoms with van der Waals surface area (Å²) in [5.41, 5.74) is 1.77. The first-order valence-electron chi connectivity index (χ1n) is 8.30. The highest BCUT2D eigenvalue weighted by Gasteiger charge is 1.88. The standard InChI is InChI=1S/C20H22N4/c1(9-15-21-17-23-19-11-5-3-6-12-19)2-10-16-22-18-24-20-13-7-4-8-14-20/h3-8,11-14H,1-2,9-10,15-16H2. The van der Waals surface area contributed by atoms with E-state index in [2.05, 4.69) is 32.0 Å². The monoisotopic (exact) mass is 318 g/mol. The molecule has 4 nitrogen and oxygen atoms in total. The van der Waals surface area contributed by atoms with Crippen LogP contribution in [0.5, 0.6) is 0 Å². The Labute approximate surface area is 143 Å². The van der Waals surface area contributed by atoms with Crippen LogP contribution in [-0.4, -0.2) is 25.1 Å². The lowest BCUT2D eigenvalue weighted by Crippen LogP contribution is -1.84. The summed E-state index contributed by atoms with van der Waals surface area (Å²) in [5, 5.41) is 0. The minimum absolute atomic E-state index is 0.773. The quantitative estimate of drug-likeness (QED) is 0.429. The molecule has 24 heavy (non-hydrogen) atoms. The van der Waals surface area contributed by atoms with Crippen molar-refractivity contribution in [2.75, 3.05) is 13.1 Å². The summed E-state index contributed by atoms with van der Waals surface area (Å²) in [7, 11) is 0. The predicted molar refractivity (Wildman–Crippen MR) is 100 cm³/mol. The number of aliphatic imine (C=N–C) groups is 4. The first-order chi connectivity index (χ1) is 11.9. The van der Waals surface area contributed by atoms with Crippen molar-refractivity contribution in [3.63, 3.8) is 0 Å². The molecule has 0 N–H and O–H groups in total. The summed E-state index contributed by atoms with van der Waals surface area (Å²) < 4.78 is 0. The minimum Gasteiger partial charge on any atom is -0.225 e. The van der Waals surface area contributed by atoms with Crippen LogP contribution in [0.1, 0.15) is 25.7 Å². The number of nitrogens with zero attached hydrogens (tertiary/aromatic N) is 4. The van der Waals surface area contributed by atoms with Crippen molar-refractivity contribution in [2.45, 2.75) is 25.7 Å². The van der Waals surface area contributed by atoms with Gasteiger partial charge in [0, 0.05) is 13.1 Å². The fourth-order valence-corrected chi connectivity index (χ4v) is 2.03. The van der Waals surface area contributed by atoms with Crippen molar-refractivity contribution in [2.24, 2.45) is 20.0 Å². The summed E-state index contributed by atoms with van der Waals surface area (Å²) >= 11 is 0. The number of para-hydroxylation sites is 2. The smallest absolute Gasteiger partial charge is 0.0948 e. The molecule has 122 valence electrons. The fourth-order valence-electron chi connectivity index (χ4n) is 2.03. The van der Waals surface area contributed by atoms with E-state index in [1.54, 1.807) is 0 Å². The van der Waals surface area contributed by atoms with Gasteiger partial charge in [-0.05, 0) is 37.1 Å². The summed E-state index contributed by atoms with van der Waals surface area (Å²) in [6.07, 6.45) is 4.39. The average molecular weight is 318 g/mol. The summed E-state index contributed by atoms with van der Waals surface area (Å²) in [6, 6.07) is 25.0. The molecule has 0 aliphatic carbocycles. The molecule has 2 rings (SSSR count). The molecular weight excluding hydrogens is 296 g/mol. The van der Waals surface area contributed by atoms with Crippen LogP contribution in [0.3, 0.4) is 0 Å². The van der Waals surface area contributed by atoms with Crippen molar-refractivity contribution in [3.8, 4) is 0 Å². The number of hydrogen-bond donors (Lipinski definition) is 0. The van der Waals surface area contributed by atoms with Crippen LogP contribution >= 0.6 is 0 Å². The van der Waals surface area contributed by atoms with E-state index in [4.69, 9.17) is 0 Å². The highest BCUT2D eigenvalue weighted by atomic mass is 14.8. The van der Waals surface area contributed by atoms with Crippen molar-refractivity contribution in [1.82, 2.24) is 0 Å². The van der Waals surface area contributed by atoms with Crippen molar-refractivity contribution in [3.05, 3.63) is 60.7 Å². The molecule has 0 bridgehead atoms. The molecule has 0 spiro atoms. The van der Waals surface area contributed by atoms with Crippen LogP contribution in [-0.2, 0) is 0 Å². The zero-order chi connectivity index (χ0) is 16.7. The van der Waals surface area contributed by atoms with Gasteiger partial charge in [0.25, 0.3) is 0 Å². The third kappa shape index (κ3) is 8.00. The molecule has 0 amide bonds. The minimum atomic E-state index is 0.773. The van der Waals surface area contributed by atoms with E-state index in [1.165, 1.54) is 0 Å². The molecular formula is C20H22N4. The SMILES string of the molecule is C(=NCCCCCCN=C=Nc1ccccc1)=Nc1ccccc1. The van der Waals surface area contributed by atoms with Gasteiger partial charge in [0.1, 0.15) is 0 Å². The number of hydrogen-bond acceptors (Lipinski definition) is 4. The second-order valence-electron chi connectivity index (χ2n) is 5.27. The van der Waals surface area contributed by atoms with Crippen LogP contribution in [0.2, 0.25) is 0 Å². The molecule has 0 atom stereocenters. The average Bonchev–Trinajstić information content (AvgIpc) is 2.64. The normalized spacial score (nSPS) is 9.50. The van der Waals surface area contributed by atoms with E-state index in [-0.39, 0.29) is 0 Å². The maximum atomic E-state index is 4.18. The Morgan fingerprint density at radius 1 is 0.542 bits per heavy atom. The largest absolute Gasteiger partial charge is 0.225 e. The van der Waals surface area contributed by atoms with Gasteiger partial charge in [0.15, 0.2) is 0 Å². The third-order valence-corrected chi connectivity index (χ3v) is 3.30. The fraction of sp³-hybridized carbons (Fsp3) is 0.300. The number of benzene rings is 2. The highest BCUT2D eigenvalue weighted by Crippen LogP contribution is 2.08. The maximum absolute atomic E-state index is 4.18. The molecule has 0 aliphatic heterocycles. The Morgan fingerprint density at radius 3 is 1.38 bits per heavy atom. The second kappa shape index (κ2) is 11.7. The van der Waals surface area contributed by atoms with E-state index in [0.29, 0.717) is 0 Å². The zero-order valence-electron chi connectivity index (χ0n) is 13.8. The van der Waals surface area contributed by atoms with E-state index in [9.17, 15) is 0 Å². The number of rotatable bonds is 9. The Hall–Kier alpha value is -2.80. The van der Waals surface area contributed by atoms with Crippen molar-refractivity contribution < 1.29 is 0 Å². The Kier molecular flexibility index (Phi) is 8.58. The molecule has 2 aromatic carbocycles. The van der Waals surface area contributed by atoms with E-state index in [0.717, 1.165) is 50.1 Å². The van der Waals surface area contributed by atoms with Crippen LogP contribution in [0, 0.1) is 0 Å². The molecule has 0 saturated heterocycles. The van der Waals surface area contributed by atoms with Crippen molar-refractivity contribution >= 4 is 23.4 Å². The van der Waals surface area contributed by atoms with Gasteiger partial charge >= 0.3 is 0 Å². The lowest BCUT2D eigenvalue weighted by atomic mass is 10.2. The Bertz CT molecular complexity index is 631. The molecule has 0 heterocycles. The predicted octanol–water partition coefficient (Wildman–Crippen LogP) is 5.56. The third-order valence-electron chi connectivity index (χ3n) is 3.30. The van der Waals surface area contributed by atoms with Gasteiger partial charge < -0.3 is 0 Å². The zero-order valence-corrected chi connectivity index (χ0v) is 13.8. The molecule has 0 unspecified atom stereocenters. The summed E-state index contributed by atoms with van der Waals surface area (Å²) in [5.74, 6) is 0. The van der Waals surface area contributed by atoms with Gasteiger partial charge in [-0.25, -0.2) is 9.98 Å². The van der Waals surface area contributed by atoms with Gasteiger partial charge in [-0.1, -0.05) is 49.2 Å². The maximum Gasteiger partial charge on any atom is 0.0948 e. The first-order valence-corrected chi connectivity index (χ1v) is 8.30. The van der Waals surface area contributed by atoms with E-state index >= 15 is 0 Å². The van der Waals surface area contributed by atoms with Gasteiger partial charge in [0.2, 0.25) is 0 Å². The van der Waals surface area contributed by atoms with E-state index in [1.807, 2.05) is 60.7 Å². The summed E-state index contributed by atoms with van der Waals surface area (Å²) in [4.78, 5) is 16.7. The molecule has 0 aromatic heterocycles. The molecule has 0 aliphatic rings. The van der Waals surface area contributed by atoms with Crippen molar-refractivity contribution in [1.29, 1.82) is 0 Å². The lowest BCUT2D eigenvalue weighted by molar-refractivity contribution is 0.655. The molecule has 4 heteroatoms. The van der Waals surface area contributed by atoms with E-state index < -0.39 is 0 Å². The Balaban J connectivity index is 1.51. The van der Waals surface area contributed by atoms with Gasteiger partial charge in [-0.2, -0.15) is 9.98 Å². The van der Waals surface area contributed by atoms with Crippen LogP contribution in [0.15, 0.2) is 80.6 Å². The molecule has 0 fully saturated rings. The molecule has 0 radical (unpaired) electrons. The van der Waals surface area contributed by atoms with Crippen LogP contribution < -0.4 is 0 Å². The molecule has 2 aromatic rings. The summed E-state index contributed by atoms with van der Waals surface area (Å²) in [6.45, 7) is 1.55. The van der Waals surface area contributed by atoms with Gasteiger partial charge in [-0.15, -0.1) is 0 Å². The topological polar surface area (TPSA) is 49.4 Å². The second-order valence-corrected chi connectivity index (χ2v) is 5.27. The van der Waals surface area contributed by atoms with Crippen LogP contribution in [0.25, 0.3) is 0 Å². The Morgan fingerprint density at radius 2 is 0.958 bits per heavy atom. The first kappa shape index (κ1) is 17.6. The van der Waals surface area contributed by atoms with Crippen LogP contribution in [0.4, 0.5) is 11.4 Å².